The van der Waals surface area contributed by atoms with Crippen molar-refractivity contribution in [3.05, 3.63) is 65.2 Å². The summed E-state index contributed by atoms with van der Waals surface area (Å²) in [5.41, 5.74) is 4.84. The molecule has 3 fully saturated rings. The number of aryl methyl sites for hydroxylation is 1. The molecule has 2 heterocycles. The van der Waals surface area contributed by atoms with E-state index >= 15 is 0 Å². The topological polar surface area (TPSA) is 94.7 Å². The van der Waals surface area contributed by atoms with Gasteiger partial charge in [-0.25, -0.2) is 9.78 Å². The minimum atomic E-state index is -1.11. The minimum absolute atomic E-state index is 0.0892. The van der Waals surface area contributed by atoms with Crippen molar-refractivity contribution in [2.45, 2.75) is 71.3 Å². The lowest BCUT2D eigenvalue weighted by Crippen LogP contribution is -2.48. The number of ether oxygens (including phenoxy) is 2. The third-order valence-corrected chi connectivity index (χ3v) is 8.35. The third-order valence-electron chi connectivity index (χ3n) is 8.35. The molecule has 0 saturated heterocycles. The molecule has 7 nitrogen and oxygen atoms in total. The predicted octanol–water partition coefficient (Wildman–Crippen LogP) is 7.31. The highest BCUT2D eigenvalue weighted by atomic mass is 16.5. The van der Waals surface area contributed by atoms with Crippen LogP contribution >= 0.6 is 0 Å². The third kappa shape index (κ3) is 5.32. The van der Waals surface area contributed by atoms with Gasteiger partial charge in [0, 0.05) is 23.1 Å². The van der Waals surface area contributed by atoms with Crippen molar-refractivity contribution in [3.8, 4) is 22.8 Å². The van der Waals surface area contributed by atoms with Gasteiger partial charge in [-0.3, -0.25) is 0 Å². The molecule has 0 bridgehead atoms. The highest BCUT2D eigenvalue weighted by Gasteiger charge is 2.52. The molecular formula is C32H36N2O5. The van der Waals surface area contributed by atoms with Gasteiger partial charge in [-0.1, -0.05) is 41.6 Å². The molecule has 6 rings (SSSR count). The maximum atomic E-state index is 11.4. The van der Waals surface area contributed by atoms with Crippen LogP contribution in [0.5, 0.6) is 11.5 Å². The number of aromatic carboxylic acids is 1. The summed E-state index contributed by atoms with van der Waals surface area (Å²) in [7, 11) is 0. The zero-order valence-electron chi connectivity index (χ0n) is 22.9. The van der Waals surface area contributed by atoms with Crippen molar-refractivity contribution >= 4 is 12.0 Å². The van der Waals surface area contributed by atoms with E-state index in [-0.39, 0.29) is 17.5 Å². The summed E-state index contributed by atoms with van der Waals surface area (Å²) >= 11 is 0. The number of allylic oxidation sites excluding steroid dienone is 1. The van der Waals surface area contributed by atoms with Crippen molar-refractivity contribution in [1.29, 1.82) is 0 Å². The summed E-state index contributed by atoms with van der Waals surface area (Å²) < 4.78 is 17.5. The van der Waals surface area contributed by atoms with Crippen LogP contribution in [-0.2, 0) is 0 Å². The summed E-state index contributed by atoms with van der Waals surface area (Å²) in [5.74, 6) is 2.35. The summed E-state index contributed by atoms with van der Waals surface area (Å²) in [6.07, 6.45) is 13.1. The van der Waals surface area contributed by atoms with E-state index in [0.29, 0.717) is 35.5 Å². The van der Waals surface area contributed by atoms with E-state index in [4.69, 9.17) is 14.0 Å². The average Bonchev–Trinajstić information content (AvgIpc) is 3.61. The van der Waals surface area contributed by atoms with Crippen LogP contribution in [0.15, 0.2) is 47.1 Å². The number of carbonyl (C=O) groups is 1. The number of pyridine rings is 1. The monoisotopic (exact) mass is 528 g/mol. The van der Waals surface area contributed by atoms with Gasteiger partial charge in [0.2, 0.25) is 0 Å². The van der Waals surface area contributed by atoms with E-state index in [1.807, 2.05) is 13.8 Å². The second-order valence-corrected chi connectivity index (χ2v) is 12.0. The quantitative estimate of drug-likeness (QED) is 0.295. The first kappa shape index (κ1) is 25.7. The molecule has 1 aromatic carbocycles. The highest BCUT2D eigenvalue weighted by molar-refractivity contribution is 5.88. The fourth-order valence-electron chi connectivity index (χ4n) is 6.40. The summed E-state index contributed by atoms with van der Waals surface area (Å²) in [4.78, 5) is 15.5. The summed E-state index contributed by atoms with van der Waals surface area (Å²) in [5, 5.41) is 13.9. The van der Waals surface area contributed by atoms with Gasteiger partial charge in [-0.15, -0.1) is 0 Å². The number of nitrogens with zero attached hydrogens (tertiary/aromatic N) is 2. The van der Waals surface area contributed by atoms with Crippen LogP contribution in [0.2, 0.25) is 0 Å². The highest BCUT2D eigenvalue weighted by Crippen LogP contribution is 2.61. The first-order chi connectivity index (χ1) is 18.8. The van der Waals surface area contributed by atoms with E-state index in [1.54, 1.807) is 6.07 Å². The fraction of sp³-hybridized carbons (Fsp3) is 0.469. The van der Waals surface area contributed by atoms with Crippen LogP contribution in [0, 0.1) is 24.2 Å². The van der Waals surface area contributed by atoms with Crippen molar-refractivity contribution < 1.29 is 23.9 Å². The van der Waals surface area contributed by atoms with E-state index in [1.165, 1.54) is 50.3 Å². The van der Waals surface area contributed by atoms with Crippen molar-refractivity contribution in [3.63, 3.8) is 0 Å². The standard InChI is InChI=1S/C32H36N2O5/c1-19(2)38-27-12-24(17-33-29(27)31(35)36)37-18-22-15-32(16-22)13-21(14-32)8-11-26-28(25-7-5-4-6-20(25)3)34-39-30(26)23-9-10-23/h4-8,11-12,17,19,21-23H,9-10,13-16,18H2,1-3H3,(H,35,36)/b11-8+. The number of hydrogen-bond acceptors (Lipinski definition) is 6. The Morgan fingerprint density at radius 3 is 2.67 bits per heavy atom. The Balaban J connectivity index is 1.03. The van der Waals surface area contributed by atoms with Gasteiger partial charge in [0.05, 0.1) is 18.9 Å². The van der Waals surface area contributed by atoms with Crippen LogP contribution in [0.4, 0.5) is 0 Å². The molecule has 0 amide bonds. The number of benzene rings is 1. The molecule has 39 heavy (non-hydrogen) atoms. The van der Waals surface area contributed by atoms with Crippen molar-refractivity contribution in [2.24, 2.45) is 17.3 Å². The van der Waals surface area contributed by atoms with Crippen molar-refractivity contribution in [1.82, 2.24) is 10.1 Å². The first-order valence-corrected chi connectivity index (χ1v) is 14.1. The van der Waals surface area contributed by atoms with Gasteiger partial charge < -0.3 is 19.1 Å². The van der Waals surface area contributed by atoms with Crippen LogP contribution in [0.1, 0.15) is 85.7 Å². The molecule has 2 aromatic heterocycles. The Kier molecular flexibility index (Phi) is 6.69. The molecule has 0 unspecified atom stereocenters. The Morgan fingerprint density at radius 1 is 1.21 bits per heavy atom. The predicted molar refractivity (Wildman–Crippen MR) is 148 cm³/mol. The summed E-state index contributed by atoms with van der Waals surface area (Å²) in [6, 6.07) is 10.0. The SMILES string of the molecule is Cc1ccccc1-c1noc(C2CC2)c1/C=C/C1CC2(C1)CC(COc1cnc(C(=O)O)c(OC(C)C)c1)C2. The minimum Gasteiger partial charge on any atom is -0.492 e. The lowest BCUT2D eigenvalue weighted by Gasteiger charge is -2.57. The van der Waals surface area contributed by atoms with Crippen molar-refractivity contribution in [2.75, 3.05) is 6.61 Å². The second kappa shape index (κ2) is 10.2. The molecule has 3 aliphatic rings. The lowest BCUT2D eigenvalue weighted by molar-refractivity contribution is -0.0658. The Hall–Kier alpha value is -3.61. The van der Waals surface area contributed by atoms with E-state index in [9.17, 15) is 9.90 Å². The van der Waals surface area contributed by atoms with Gasteiger partial charge in [-0.2, -0.15) is 0 Å². The fourth-order valence-corrected chi connectivity index (χ4v) is 6.40. The van der Waals surface area contributed by atoms with E-state index in [0.717, 1.165) is 22.6 Å². The van der Waals surface area contributed by atoms with Crippen LogP contribution in [0.3, 0.4) is 0 Å². The van der Waals surface area contributed by atoms with Crippen LogP contribution in [0.25, 0.3) is 17.3 Å². The van der Waals surface area contributed by atoms with E-state index < -0.39 is 5.97 Å². The molecule has 1 spiro atoms. The molecule has 0 atom stereocenters. The van der Waals surface area contributed by atoms with Gasteiger partial charge in [0.1, 0.15) is 17.2 Å². The maximum Gasteiger partial charge on any atom is 0.358 e. The Labute approximate surface area is 229 Å². The second-order valence-electron chi connectivity index (χ2n) is 12.0. The molecular weight excluding hydrogens is 492 g/mol. The zero-order valence-corrected chi connectivity index (χ0v) is 22.9. The number of rotatable bonds is 10. The maximum absolute atomic E-state index is 11.4. The normalized spacial score (nSPS) is 24.1. The molecule has 3 aromatic rings. The Morgan fingerprint density at radius 2 is 1.97 bits per heavy atom. The molecule has 3 saturated carbocycles. The molecule has 0 aliphatic heterocycles. The molecule has 7 heteroatoms. The van der Waals surface area contributed by atoms with Crippen LogP contribution < -0.4 is 9.47 Å². The molecule has 1 N–H and O–H groups in total. The van der Waals surface area contributed by atoms with Gasteiger partial charge in [0.25, 0.3) is 0 Å². The molecule has 0 radical (unpaired) electrons. The number of hydrogen-bond donors (Lipinski definition) is 1. The van der Waals surface area contributed by atoms with Gasteiger partial charge in [0.15, 0.2) is 11.4 Å². The molecule has 3 aliphatic carbocycles. The largest absolute Gasteiger partial charge is 0.492 e. The smallest absolute Gasteiger partial charge is 0.358 e. The van der Waals surface area contributed by atoms with Gasteiger partial charge in [-0.05, 0) is 82.1 Å². The number of aromatic nitrogens is 2. The number of carboxylic acid groups (broad SMARTS) is 1. The summed E-state index contributed by atoms with van der Waals surface area (Å²) in [6.45, 7) is 6.45. The lowest BCUT2D eigenvalue weighted by atomic mass is 9.48. The Bertz CT molecular complexity index is 1390. The first-order valence-electron chi connectivity index (χ1n) is 14.1. The number of carboxylic acids is 1. The molecule has 204 valence electrons. The zero-order chi connectivity index (χ0) is 27.1. The van der Waals surface area contributed by atoms with Gasteiger partial charge >= 0.3 is 5.97 Å². The average molecular weight is 529 g/mol. The van der Waals surface area contributed by atoms with Crippen LogP contribution in [-0.4, -0.2) is 33.9 Å². The van der Waals surface area contributed by atoms with E-state index in [2.05, 4.69) is 53.5 Å².